The number of ketones is 1. The van der Waals surface area contributed by atoms with E-state index in [1.165, 1.54) is 0 Å². The fourth-order valence-corrected chi connectivity index (χ4v) is 3.01. The van der Waals surface area contributed by atoms with E-state index < -0.39 is 17.9 Å². The van der Waals surface area contributed by atoms with Crippen molar-refractivity contribution in [1.82, 2.24) is 5.32 Å². The van der Waals surface area contributed by atoms with Gasteiger partial charge in [0.2, 0.25) is 5.78 Å². The summed E-state index contributed by atoms with van der Waals surface area (Å²) in [4.78, 5) is 11.5. The van der Waals surface area contributed by atoms with Crippen LogP contribution < -0.4 is 5.32 Å². The number of carbonyl (C=O) groups is 1. The Kier molecular flexibility index (Phi) is 4.48. The van der Waals surface area contributed by atoms with Gasteiger partial charge in [0.15, 0.2) is 0 Å². The summed E-state index contributed by atoms with van der Waals surface area (Å²) >= 11 is 0. The Morgan fingerprint density at radius 1 is 1.17 bits per heavy atom. The fraction of sp³-hybridized carbons (Fsp3) is 0.316. The normalized spacial score (nSPS) is 23.0. The van der Waals surface area contributed by atoms with Gasteiger partial charge in [0.25, 0.3) is 0 Å². The zero-order valence-corrected chi connectivity index (χ0v) is 12.9. The summed E-state index contributed by atoms with van der Waals surface area (Å²) < 4.78 is 38.0. The summed E-state index contributed by atoms with van der Waals surface area (Å²) in [5.41, 5.74) is 2.47. The van der Waals surface area contributed by atoms with Gasteiger partial charge in [-0.1, -0.05) is 36.1 Å². The highest BCUT2D eigenvalue weighted by Gasteiger charge is 2.44. The first-order valence-electron chi connectivity index (χ1n) is 7.77. The van der Waals surface area contributed by atoms with Gasteiger partial charge in [0, 0.05) is 29.3 Å². The minimum Gasteiger partial charge on any atom is -0.387 e. The van der Waals surface area contributed by atoms with Gasteiger partial charge in [-0.3, -0.25) is 4.79 Å². The van der Waals surface area contributed by atoms with Crippen LogP contribution in [-0.2, 0) is 4.79 Å². The van der Waals surface area contributed by atoms with Crippen molar-refractivity contribution in [2.75, 3.05) is 6.54 Å². The summed E-state index contributed by atoms with van der Waals surface area (Å²) in [7, 11) is 0. The highest BCUT2D eigenvalue weighted by Crippen LogP contribution is 2.33. The van der Waals surface area contributed by atoms with Crippen LogP contribution in [0.1, 0.15) is 18.4 Å². The Morgan fingerprint density at radius 2 is 1.92 bits per heavy atom. The maximum atomic E-state index is 12.7. The largest absolute Gasteiger partial charge is 0.450 e. The second kappa shape index (κ2) is 6.56. The standard InChI is InChI=1S/C19H16F3NO/c20-19(21,22)18(24)16-10-14-7-9-15(17(11-14)23-12-16)8-6-13-4-2-1-3-5-13/h1-5,7,9,14,16,23H,10-12H2. The van der Waals surface area contributed by atoms with Crippen LogP contribution in [0.4, 0.5) is 13.2 Å². The molecule has 1 saturated heterocycles. The van der Waals surface area contributed by atoms with Gasteiger partial charge in [-0.2, -0.15) is 13.2 Å². The molecule has 2 unspecified atom stereocenters. The van der Waals surface area contributed by atoms with Gasteiger partial charge in [-0.05, 0) is 37.0 Å². The number of benzene rings is 1. The minimum atomic E-state index is -4.78. The number of hydrogen-bond donors (Lipinski definition) is 1. The molecule has 1 heterocycles. The number of hydrogen-bond acceptors (Lipinski definition) is 2. The predicted molar refractivity (Wildman–Crippen MR) is 84.8 cm³/mol. The molecule has 0 saturated carbocycles. The summed E-state index contributed by atoms with van der Waals surface area (Å²) in [5.74, 6) is 3.37. The second-order valence-corrected chi connectivity index (χ2v) is 6.01. The first-order valence-corrected chi connectivity index (χ1v) is 7.77. The van der Waals surface area contributed by atoms with Crippen molar-refractivity contribution in [2.45, 2.75) is 19.0 Å². The number of nitrogens with one attached hydrogen (secondary N) is 1. The van der Waals surface area contributed by atoms with E-state index in [2.05, 4.69) is 17.2 Å². The molecule has 0 amide bonds. The fourth-order valence-electron chi connectivity index (χ4n) is 3.01. The molecular formula is C19H16F3NO. The number of rotatable bonds is 1. The molecule has 24 heavy (non-hydrogen) atoms. The number of halogens is 3. The Bertz CT molecular complexity index is 750. The second-order valence-electron chi connectivity index (χ2n) is 6.01. The smallest absolute Gasteiger partial charge is 0.387 e. The van der Waals surface area contributed by atoms with Crippen molar-refractivity contribution in [3.05, 3.63) is 59.3 Å². The third-order valence-corrected chi connectivity index (χ3v) is 4.24. The average Bonchev–Trinajstić information content (AvgIpc) is 2.73. The zero-order chi connectivity index (χ0) is 17.2. The van der Waals surface area contributed by atoms with Gasteiger partial charge in [0.1, 0.15) is 0 Å². The molecule has 1 N–H and O–H groups in total. The number of allylic oxidation sites excluding steroid dienone is 4. The van der Waals surface area contributed by atoms with E-state index in [0.717, 1.165) is 16.8 Å². The van der Waals surface area contributed by atoms with E-state index in [1.807, 2.05) is 42.5 Å². The first-order chi connectivity index (χ1) is 11.4. The van der Waals surface area contributed by atoms with Gasteiger partial charge in [-0.15, -0.1) is 0 Å². The zero-order valence-electron chi connectivity index (χ0n) is 12.9. The van der Waals surface area contributed by atoms with Gasteiger partial charge >= 0.3 is 6.18 Å². The summed E-state index contributed by atoms with van der Waals surface area (Å²) in [6.07, 6.45) is -0.268. The third-order valence-electron chi connectivity index (χ3n) is 4.24. The van der Waals surface area contributed by atoms with E-state index in [1.54, 1.807) is 0 Å². The van der Waals surface area contributed by atoms with Gasteiger partial charge in [-0.25, -0.2) is 0 Å². The molecule has 2 aliphatic rings. The lowest BCUT2D eigenvalue weighted by Crippen LogP contribution is -2.35. The first kappa shape index (κ1) is 16.4. The predicted octanol–water partition coefficient (Wildman–Crippen LogP) is 3.61. The maximum absolute atomic E-state index is 12.7. The molecule has 3 rings (SSSR count). The van der Waals surface area contributed by atoms with Crippen LogP contribution in [0.5, 0.6) is 0 Å². The van der Waals surface area contributed by atoms with Crippen LogP contribution >= 0.6 is 0 Å². The van der Waals surface area contributed by atoms with Crippen molar-refractivity contribution < 1.29 is 18.0 Å². The molecule has 2 nitrogen and oxygen atoms in total. The molecule has 0 radical (unpaired) electrons. The average molecular weight is 331 g/mol. The van der Waals surface area contributed by atoms with Gasteiger partial charge < -0.3 is 5.32 Å². The van der Waals surface area contributed by atoms with Crippen LogP contribution in [-0.4, -0.2) is 18.5 Å². The molecule has 124 valence electrons. The quantitative estimate of drug-likeness (QED) is 0.797. The van der Waals surface area contributed by atoms with Crippen LogP contribution in [0.2, 0.25) is 0 Å². The lowest BCUT2D eigenvalue weighted by atomic mass is 9.87. The lowest BCUT2D eigenvalue weighted by molar-refractivity contribution is -0.175. The number of carbonyl (C=O) groups excluding carboxylic acids is 1. The SMILES string of the molecule is O=C(C1CNC2=C(C#Cc3ccccc3)C=CC(C2)C1)C(F)(F)F. The molecule has 1 fully saturated rings. The lowest BCUT2D eigenvalue weighted by Gasteiger charge is -2.18. The van der Waals surface area contributed by atoms with Crippen molar-refractivity contribution in [2.24, 2.45) is 11.8 Å². The number of alkyl halides is 3. The van der Waals surface area contributed by atoms with Crippen LogP contribution in [0, 0.1) is 23.7 Å². The maximum Gasteiger partial charge on any atom is 0.450 e. The topological polar surface area (TPSA) is 29.1 Å². The van der Waals surface area contributed by atoms with E-state index >= 15 is 0 Å². The molecule has 0 spiro atoms. The Labute approximate surface area is 138 Å². The third kappa shape index (κ3) is 3.70. The minimum absolute atomic E-state index is 0.00235. The molecule has 0 aromatic heterocycles. The van der Waals surface area contributed by atoms with E-state index in [-0.39, 0.29) is 18.9 Å². The molecule has 1 aromatic carbocycles. The van der Waals surface area contributed by atoms with Crippen molar-refractivity contribution in [3.63, 3.8) is 0 Å². The van der Waals surface area contributed by atoms with Crippen molar-refractivity contribution in [1.29, 1.82) is 0 Å². The Morgan fingerprint density at radius 3 is 2.62 bits per heavy atom. The molecule has 2 atom stereocenters. The molecule has 5 heteroatoms. The van der Waals surface area contributed by atoms with Gasteiger partial charge in [0.05, 0.1) is 0 Å². The molecule has 1 aromatic rings. The number of Topliss-reactive ketones (excluding diaryl/α,β-unsaturated/α-hetero) is 1. The van der Waals surface area contributed by atoms with Crippen LogP contribution in [0.15, 0.2) is 53.8 Å². The van der Waals surface area contributed by atoms with Crippen molar-refractivity contribution >= 4 is 5.78 Å². The Balaban J connectivity index is 1.79. The van der Waals surface area contributed by atoms with Crippen LogP contribution in [0.25, 0.3) is 0 Å². The van der Waals surface area contributed by atoms with Crippen LogP contribution in [0.3, 0.4) is 0 Å². The summed E-state index contributed by atoms with van der Waals surface area (Å²) in [6.45, 7) is 0.00235. The van der Waals surface area contributed by atoms with E-state index in [0.29, 0.717) is 6.42 Å². The Hall–Kier alpha value is -2.48. The highest BCUT2D eigenvalue weighted by atomic mass is 19.4. The molecule has 1 aliphatic carbocycles. The summed E-state index contributed by atoms with van der Waals surface area (Å²) in [6, 6.07) is 9.48. The molecule has 2 bridgehead atoms. The van der Waals surface area contributed by atoms with E-state index in [9.17, 15) is 18.0 Å². The molecule has 1 aliphatic heterocycles. The molecular weight excluding hydrogens is 315 g/mol. The highest BCUT2D eigenvalue weighted by molar-refractivity contribution is 5.86. The van der Waals surface area contributed by atoms with E-state index in [4.69, 9.17) is 0 Å². The number of fused-ring (bicyclic) bond motifs is 2. The monoisotopic (exact) mass is 331 g/mol. The summed E-state index contributed by atoms with van der Waals surface area (Å²) in [5, 5.41) is 3.01. The van der Waals surface area contributed by atoms with Crippen molar-refractivity contribution in [3.8, 4) is 11.8 Å².